The molecule has 0 bridgehead atoms. The molecule has 10 nitrogen and oxygen atoms in total. The topological polar surface area (TPSA) is 173 Å². The van der Waals surface area contributed by atoms with Crippen LogP contribution in [0.25, 0.3) is 0 Å². The average molecular weight is 639 g/mol. The van der Waals surface area contributed by atoms with E-state index in [0.717, 1.165) is 25.7 Å². The van der Waals surface area contributed by atoms with Gasteiger partial charge >= 0.3 is 59.1 Å². The van der Waals surface area contributed by atoms with E-state index in [9.17, 15) is 36.2 Å². The van der Waals surface area contributed by atoms with Gasteiger partial charge in [-0.3, -0.25) is 8.37 Å². The molecular formula is C27H44Na2O10S2. The molecule has 0 amide bonds. The Morgan fingerprint density at radius 3 is 2.15 bits per heavy atom. The van der Waals surface area contributed by atoms with E-state index in [4.69, 9.17) is 4.18 Å². The second-order valence-electron chi connectivity index (χ2n) is 13.4. The Bertz CT molecular complexity index is 1130. The number of hydrogen-bond donors (Lipinski definition) is 2. The molecule has 0 heterocycles. The molecule has 14 heteroatoms. The van der Waals surface area contributed by atoms with Crippen molar-refractivity contribution in [1.82, 2.24) is 0 Å². The van der Waals surface area contributed by atoms with Crippen molar-refractivity contribution in [1.29, 1.82) is 0 Å². The molecule has 0 aromatic rings. The summed E-state index contributed by atoms with van der Waals surface area (Å²) in [5, 5.41) is 22.8. The van der Waals surface area contributed by atoms with Crippen LogP contribution >= 0.6 is 0 Å². The second-order valence-corrected chi connectivity index (χ2v) is 15.5. The SMILES string of the molecule is CC(C)C/C=C/[C@@H](COS(=O)(=O)[O-])[C@H]1CCC2C3CC[C@@H]4[C@H](O)[C@H](OS(=O)(=O)[O-])CC[C@]4(C)C3[C@@H](O)C[C@@]21C.[Na+].[Na+]. The summed E-state index contributed by atoms with van der Waals surface area (Å²) in [6.07, 6.45) is 6.40. The Balaban J connectivity index is 0.00000294. The number of aliphatic hydroxyl groups excluding tert-OH is 2. The summed E-state index contributed by atoms with van der Waals surface area (Å²) in [4.78, 5) is 0. The van der Waals surface area contributed by atoms with E-state index in [1.54, 1.807) is 0 Å². The largest absolute Gasteiger partial charge is 1.00 e. The van der Waals surface area contributed by atoms with Gasteiger partial charge in [0.05, 0.1) is 18.8 Å². The van der Waals surface area contributed by atoms with Gasteiger partial charge in [0.2, 0.25) is 20.8 Å². The fourth-order valence-electron chi connectivity index (χ4n) is 9.42. The molecule has 2 N–H and O–H groups in total. The molecule has 4 rings (SSSR count). The fraction of sp³-hybridized carbons (Fsp3) is 0.926. The molecule has 0 spiro atoms. The van der Waals surface area contributed by atoms with Crippen LogP contribution in [-0.2, 0) is 29.2 Å². The van der Waals surface area contributed by atoms with Gasteiger partial charge in [0.1, 0.15) is 6.10 Å². The normalized spacial score (nSPS) is 41.6. The van der Waals surface area contributed by atoms with Crippen molar-refractivity contribution in [2.45, 2.75) is 97.4 Å². The summed E-state index contributed by atoms with van der Waals surface area (Å²) in [5.41, 5.74) is -0.730. The quantitative estimate of drug-likeness (QED) is 0.116. The van der Waals surface area contributed by atoms with Crippen LogP contribution in [0.4, 0.5) is 0 Å². The summed E-state index contributed by atoms with van der Waals surface area (Å²) in [7, 11) is -9.78. The molecule has 0 aromatic heterocycles. The summed E-state index contributed by atoms with van der Waals surface area (Å²) < 4.78 is 77.0. The van der Waals surface area contributed by atoms with Gasteiger partial charge in [0.25, 0.3) is 0 Å². The van der Waals surface area contributed by atoms with Gasteiger partial charge in [-0.2, -0.15) is 0 Å². The van der Waals surface area contributed by atoms with Gasteiger partial charge in [-0.25, -0.2) is 16.8 Å². The van der Waals surface area contributed by atoms with E-state index in [2.05, 4.69) is 31.9 Å². The zero-order chi connectivity index (χ0) is 29.0. The second kappa shape index (κ2) is 14.4. The Morgan fingerprint density at radius 2 is 1.56 bits per heavy atom. The molecule has 41 heavy (non-hydrogen) atoms. The standard InChI is InChI=1S/C27H46O10S2.2Na/c1-16(2)6-5-7-17(15-36-38(30,31)32)19-10-11-20-18-8-9-21-25(29)23(37-39(33,34)35)12-13-26(21,3)24(18)22(28)14-27(19,20)4;;/h5,7,16-25,28-29H,6,8-15H2,1-4H3,(H,30,31,32)(H,33,34,35);;/q;2*+1/p-2/b7-5+;;/t17-,18?,19+,20?,21+,22-,23+,24?,25-,26-,27+;;/m0../s1. The number of fused-ring (bicyclic) bond motifs is 5. The molecule has 226 valence electrons. The number of aliphatic hydroxyl groups is 2. The predicted molar refractivity (Wildman–Crippen MR) is 140 cm³/mol. The van der Waals surface area contributed by atoms with Crippen molar-refractivity contribution in [3.05, 3.63) is 12.2 Å². The molecule has 4 aliphatic carbocycles. The average Bonchev–Trinajstić information content (AvgIpc) is 3.12. The van der Waals surface area contributed by atoms with Gasteiger partial charge in [-0.05, 0) is 97.7 Å². The number of rotatable bonds is 9. The number of hydrogen-bond acceptors (Lipinski definition) is 10. The summed E-state index contributed by atoms with van der Waals surface area (Å²) in [6.45, 7) is 8.22. The fourth-order valence-corrected chi connectivity index (χ4v) is 10.3. The third-order valence-electron chi connectivity index (χ3n) is 10.9. The molecule has 3 unspecified atom stereocenters. The van der Waals surface area contributed by atoms with Gasteiger partial charge in [0.15, 0.2) is 0 Å². The molecule has 11 atom stereocenters. The maximum atomic E-state index is 11.7. The first kappa shape index (κ1) is 38.6. The first-order valence-electron chi connectivity index (χ1n) is 14.2. The van der Waals surface area contributed by atoms with Crippen molar-refractivity contribution in [3.8, 4) is 0 Å². The molecule has 0 aromatic carbocycles. The monoisotopic (exact) mass is 638 g/mol. The Morgan fingerprint density at radius 1 is 0.927 bits per heavy atom. The maximum Gasteiger partial charge on any atom is 1.00 e. The Hall–Kier alpha value is 1.40. The first-order chi connectivity index (χ1) is 18.0. The summed E-state index contributed by atoms with van der Waals surface area (Å²) >= 11 is 0. The molecular weight excluding hydrogens is 594 g/mol. The zero-order valence-corrected chi connectivity index (χ0v) is 30.9. The summed E-state index contributed by atoms with van der Waals surface area (Å²) in [5.74, 6) is 0.246. The van der Waals surface area contributed by atoms with Gasteiger partial charge < -0.3 is 19.3 Å². The van der Waals surface area contributed by atoms with E-state index < -0.39 is 44.5 Å². The maximum absolute atomic E-state index is 11.7. The van der Waals surface area contributed by atoms with Gasteiger partial charge in [-0.15, -0.1) is 0 Å². The Labute approximate surface area is 290 Å². The van der Waals surface area contributed by atoms with Crippen LogP contribution in [0.1, 0.15) is 79.1 Å². The van der Waals surface area contributed by atoms with E-state index in [1.807, 2.05) is 12.2 Å². The van der Waals surface area contributed by atoms with E-state index >= 15 is 0 Å². The predicted octanol–water partition coefficient (Wildman–Crippen LogP) is -2.86. The third-order valence-corrected chi connectivity index (χ3v) is 11.8. The first-order valence-corrected chi connectivity index (χ1v) is 16.9. The van der Waals surface area contributed by atoms with Gasteiger partial charge in [-0.1, -0.05) is 39.8 Å². The van der Waals surface area contributed by atoms with Crippen LogP contribution in [-0.4, -0.2) is 61.1 Å². The molecule has 0 aliphatic heterocycles. The third kappa shape index (κ3) is 8.41. The van der Waals surface area contributed by atoms with Crippen molar-refractivity contribution >= 4 is 20.8 Å². The van der Waals surface area contributed by atoms with Crippen molar-refractivity contribution in [2.75, 3.05) is 6.61 Å². The van der Waals surface area contributed by atoms with Crippen LogP contribution < -0.4 is 59.1 Å². The number of allylic oxidation sites excluding steroid dienone is 1. The van der Waals surface area contributed by atoms with E-state index in [0.29, 0.717) is 25.2 Å². The molecule has 0 saturated heterocycles. The minimum Gasteiger partial charge on any atom is -0.726 e. The van der Waals surface area contributed by atoms with Crippen molar-refractivity contribution < 1.29 is 104 Å². The van der Waals surface area contributed by atoms with Crippen LogP contribution in [0.3, 0.4) is 0 Å². The minimum absolute atomic E-state index is 0. The minimum atomic E-state index is -4.94. The Kier molecular flexibility index (Phi) is 13.6. The molecule has 0 radical (unpaired) electrons. The van der Waals surface area contributed by atoms with Gasteiger partial charge in [0, 0.05) is 5.92 Å². The van der Waals surface area contributed by atoms with Crippen LogP contribution in [0, 0.1) is 52.3 Å². The van der Waals surface area contributed by atoms with Crippen LogP contribution in [0.2, 0.25) is 0 Å². The molecule has 4 aliphatic rings. The smallest absolute Gasteiger partial charge is 0.726 e. The van der Waals surface area contributed by atoms with Crippen LogP contribution in [0.5, 0.6) is 0 Å². The van der Waals surface area contributed by atoms with E-state index in [-0.39, 0.29) is 113 Å². The van der Waals surface area contributed by atoms with Crippen LogP contribution in [0.15, 0.2) is 12.2 Å². The molecule has 4 fully saturated rings. The molecule has 4 saturated carbocycles. The van der Waals surface area contributed by atoms with Crippen molar-refractivity contribution in [3.63, 3.8) is 0 Å². The summed E-state index contributed by atoms with van der Waals surface area (Å²) in [6, 6.07) is 0. The zero-order valence-electron chi connectivity index (χ0n) is 25.3. The van der Waals surface area contributed by atoms with E-state index in [1.165, 1.54) is 0 Å². The van der Waals surface area contributed by atoms with Crippen molar-refractivity contribution in [2.24, 2.45) is 52.3 Å².